The second kappa shape index (κ2) is 5.78. The number of sulfone groups is 1. The van der Waals surface area contributed by atoms with Crippen LogP contribution in [0.4, 0.5) is 0 Å². The minimum absolute atomic E-state index is 0.0870. The Morgan fingerprint density at radius 2 is 1.60 bits per heavy atom. The highest BCUT2D eigenvalue weighted by molar-refractivity contribution is 7.91. The topological polar surface area (TPSA) is 77.7 Å². The molecule has 7 heteroatoms. The van der Waals surface area contributed by atoms with Gasteiger partial charge >= 0.3 is 0 Å². The largest absolute Gasteiger partial charge is 0.283 e. The molecule has 2 aromatic heterocycles. The molecule has 124 valence electrons. The van der Waals surface area contributed by atoms with Crippen molar-refractivity contribution in [1.29, 1.82) is 0 Å². The molecule has 0 atom stereocenters. The van der Waals surface area contributed by atoms with Crippen molar-refractivity contribution < 1.29 is 8.42 Å². The van der Waals surface area contributed by atoms with Crippen LogP contribution in [0.15, 0.2) is 77.2 Å². The maximum absolute atomic E-state index is 13.0. The summed E-state index contributed by atoms with van der Waals surface area (Å²) in [7, 11) is -3.78. The number of aryl methyl sites for hydroxylation is 1. The fraction of sp³-hybridized carbons (Fsp3) is 0.0556. The highest BCUT2D eigenvalue weighted by Gasteiger charge is 2.24. The van der Waals surface area contributed by atoms with Gasteiger partial charge in [0.2, 0.25) is 9.84 Å². The zero-order valence-corrected chi connectivity index (χ0v) is 14.2. The predicted molar refractivity (Wildman–Crippen MR) is 93.3 cm³/mol. The third kappa shape index (κ3) is 2.58. The van der Waals surface area contributed by atoms with Gasteiger partial charge in [0.15, 0.2) is 10.7 Å². The maximum atomic E-state index is 13.0. The Labute approximate surface area is 144 Å². The van der Waals surface area contributed by atoms with Crippen molar-refractivity contribution in [2.24, 2.45) is 0 Å². The van der Waals surface area contributed by atoms with E-state index in [1.807, 2.05) is 37.3 Å². The molecule has 0 unspecified atom stereocenters. The van der Waals surface area contributed by atoms with E-state index in [9.17, 15) is 8.42 Å². The minimum atomic E-state index is -3.78. The van der Waals surface area contributed by atoms with Crippen molar-refractivity contribution in [2.45, 2.75) is 16.8 Å². The van der Waals surface area contributed by atoms with Crippen LogP contribution in [0.2, 0.25) is 0 Å². The van der Waals surface area contributed by atoms with E-state index in [-0.39, 0.29) is 15.4 Å². The number of benzene rings is 2. The third-order valence-corrected chi connectivity index (χ3v) is 5.62. The first-order chi connectivity index (χ1) is 12.1. The van der Waals surface area contributed by atoms with E-state index in [0.29, 0.717) is 5.65 Å². The van der Waals surface area contributed by atoms with Crippen LogP contribution in [0.25, 0.3) is 16.9 Å². The molecule has 0 spiro atoms. The summed E-state index contributed by atoms with van der Waals surface area (Å²) in [6.45, 7) is 1.90. The smallest absolute Gasteiger partial charge is 0.226 e. The lowest BCUT2D eigenvalue weighted by atomic mass is 10.2. The minimum Gasteiger partial charge on any atom is -0.283 e. The average molecular weight is 350 g/mol. The Kier molecular flexibility index (Phi) is 3.58. The van der Waals surface area contributed by atoms with Crippen molar-refractivity contribution in [1.82, 2.24) is 19.5 Å². The lowest BCUT2D eigenvalue weighted by molar-refractivity contribution is 0.593. The second-order valence-corrected chi connectivity index (χ2v) is 7.48. The third-order valence-electron chi connectivity index (χ3n) is 3.92. The van der Waals surface area contributed by atoms with Crippen LogP contribution in [0.5, 0.6) is 0 Å². The molecule has 6 nitrogen and oxygen atoms in total. The van der Waals surface area contributed by atoms with Crippen LogP contribution in [0, 0.1) is 6.92 Å². The van der Waals surface area contributed by atoms with E-state index in [4.69, 9.17) is 0 Å². The van der Waals surface area contributed by atoms with Crippen molar-refractivity contribution >= 4 is 21.0 Å². The number of aromatic nitrogens is 4. The fourth-order valence-corrected chi connectivity index (χ4v) is 3.92. The number of hydrogen-bond donors (Lipinski definition) is 0. The summed E-state index contributed by atoms with van der Waals surface area (Å²) in [5.74, 6) is 0. The zero-order chi connectivity index (χ0) is 17.4. The molecule has 0 aliphatic carbocycles. The highest BCUT2D eigenvalue weighted by Crippen LogP contribution is 2.26. The molecular weight excluding hydrogens is 336 g/mol. The average Bonchev–Trinajstić information content (AvgIpc) is 3.07. The fourth-order valence-electron chi connectivity index (χ4n) is 2.62. The Balaban J connectivity index is 1.92. The maximum Gasteiger partial charge on any atom is 0.226 e. The summed E-state index contributed by atoms with van der Waals surface area (Å²) in [5.41, 5.74) is 2.54. The summed E-state index contributed by atoms with van der Waals surface area (Å²) in [5, 5.41) is -0.0870. The van der Waals surface area contributed by atoms with Gasteiger partial charge in [-0.05, 0) is 31.2 Å². The van der Waals surface area contributed by atoms with Crippen LogP contribution >= 0.6 is 0 Å². The molecule has 2 aromatic carbocycles. The van der Waals surface area contributed by atoms with Gasteiger partial charge in [-0.15, -0.1) is 0 Å². The molecular formula is C18H14N4O2S. The Morgan fingerprint density at radius 3 is 2.32 bits per heavy atom. The molecule has 0 bridgehead atoms. The van der Waals surface area contributed by atoms with E-state index < -0.39 is 9.84 Å². The zero-order valence-electron chi connectivity index (χ0n) is 13.4. The van der Waals surface area contributed by atoms with Crippen molar-refractivity contribution in [2.75, 3.05) is 0 Å². The lowest BCUT2D eigenvalue weighted by Crippen LogP contribution is -2.06. The van der Waals surface area contributed by atoms with E-state index in [2.05, 4.69) is 15.0 Å². The van der Waals surface area contributed by atoms with Crippen LogP contribution in [-0.4, -0.2) is 27.9 Å². The van der Waals surface area contributed by atoms with Gasteiger partial charge in [0.1, 0.15) is 18.2 Å². The SMILES string of the molecule is Cc1ccc(S(=O)(=O)c2ncnc3c2ncn3-c2ccccc2)cc1. The molecule has 0 aliphatic rings. The second-order valence-electron chi connectivity index (χ2n) is 5.62. The normalized spacial score (nSPS) is 11.7. The molecule has 0 saturated carbocycles. The monoisotopic (exact) mass is 350 g/mol. The molecule has 4 rings (SSSR count). The molecule has 0 radical (unpaired) electrons. The van der Waals surface area contributed by atoms with E-state index >= 15 is 0 Å². The molecule has 4 aromatic rings. The lowest BCUT2D eigenvalue weighted by Gasteiger charge is -2.06. The quantitative estimate of drug-likeness (QED) is 0.531. The molecule has 0 saturated heterocycles. The first kappa shape index (κ1) is 15.5. The van der Waals surface area contributed by atoms with E-state index in [1.165, 1.54) is 6.33 Å². The number of fused-ring (bicyclic) bond motifs is 1. The molecule has 0 amide bonds. The first-order valence-corrected chi connectivity index (χ1v) is 9.11. The number of nitrogens with zero attached hydrogens (tertiary/aromatic N) is 4. The highest BCUT2D eigenvalue weighted by atomic mass is 32.2. The van der Waals surface area contributed by atoms with Gasteiger partial charge in [0, 0.05) is 5.69 Å². The number of imidazole rings is 1. The molecule has 0 fully saturated rings. The van der Waals surface area contributed by atoms with Gasteiger partial charge < -0.3 is 0 Å². The summed E-state index contributed by atoms with van der Waals surface area (Å²) in [6.07, 6.45) is 2.81. The van der Waals surface area contributed by atoms with Gasteiger partial charge in [-0.3, -0.25) is 4.57 Å². The van der Waals surface area contributed by atoms with Crippen LogP contribution in [-0.2, 0) is 9.84 Å². The van der Waals surface area contributed by atoms with Crippen molar-refractivity contribution in [3.63, 3.8) is 0 Å². The Hall–Kier alpha value is -3.06. The molecule has 2 heterocycles. The Morgan fingerprint density at radius 1 is 0.880 bits per heavy atom. The predicted octanol–water partition coefficient (Wildman–Crippen LogP) is 2.96. The van der Waals surface area contributed by atoms with Crippen LogP contribution < -0.4 is 0 Å². The summed E-state index contributed by atoms with van der Waals surface area (Å²) in [4.78, 5) is 12.7. The standard InChI is InChI=1S/C18H14N4O2S/c1-13-7-9-15(10-8-13)25(23,24)18-16-17(19-11-20-18)22(12-21-16)14-5-3-2-4-6-14/h2-12H,1H3. The van der Waals surface area contributed by atoms with Crippen LogP contribution in [0.3, 0.4) is 0 Å². The molecule has 25 heavy (non-hydrogen) atoms. The van der Waals surface area contributed by atoms with Gasteiger partial charge in [0.25, 0.3) is 0 Å². The summed E-state index contributed by atoms with van der Waals surface area (Å²) < 4.78 is 27.7. The van der Waals surface area contributed by atoms with Crippen molar-refractivity contribution in [3.05, 3.63) is 72.8 Å². The molecule has 0 N–H and O–H groups in total. The van der Waals surface area contributed by atoms with Crippen molar-refractivity contribution in [3.8, 4) is 5.69 Å². The van der Waals surface area contributed by atoms with Gasteiger partial charge in [-0.25, -0.2) is 23.4 Å². The molecule has 0 aliphatic heterocycles. The Bertz CT molecular complexity index is 1150. The van der Waals surface area contributed by atoms with Gasteiger partial charge in [-0.1, -0.05) is 35.9 Å². The van der Waals surface area contributed by atoms with E-state index in [0.717, 1.165) is 11.3 Å². The first-order valence-electron chi connectivity index (χ1n) is 7.62. The van der Waals surface area contributed by atoms with Crippen LogP contribution in [0.1, 0.15) is 5.56 Å². The number of hydrogen-bond acceptors (Lipinski definition) is 5. The van der Waals surface area contributed by atoms with Gasteiger partial charge in [-0.2, -0.15) is 0 Å². The van der Waals surface area contributed by atoms with E-state index in [1.54, 1.807) is 35.2 Å². The number of rotatable bonds is 3. The number of para-hydroxylation sites is 1. The van der Waals surface area contributed by atoms with Gasteiger partial charge in [0.05, 0.1) is 4.90 Å². The summed E-state index contributed by atoms with van der Waals surface area (Å²) in [6, 6.07) is 16.2. The summed E-state index contributed by atoms with van der Waals surface area (Å²) >= 11 is 0.